The number of aromatic nitrogens is 2. The third kappa shape index (κ3) is 3.63. The number of hydrogen-bond acceptors (Lipinski definition) is 5. The maximum atomic E-state index is 5.60. The molecule has 0 radical (unpaired) electrons. The molecule has 0 saturated carbocycles. The van der Waals surface area contributed by atoms with Crippen molar-refractivity contribution in [2.75, 3.05) is 6.61 Å². The van der Waals surface area contributed by atoms with E-state index in [1.165, 1.54) is 50.4 Å². The second-order valence-electron chi connectivity index (χ2n) is 9.53. The van der Waals surface area contributed by atoms with Gasteiger partial charge in [0.2, 0.25) is 0 Å². The van der Waals surface area contributed by atoms with Crippen molar-refractivity contribution in [1.29, 1.82) is 0 Å². The summed E-state index contributed by atoms with van der Waals surface area (Å²) in [5, 5.41) is 2.60. The van der Waals surface area contributed by atoms with Crippen LogP contribution in [0.5, 0.6) is 0 Å². The van der Waals surface area contributed by atoms with Crippen LogP contribution in [0, 0.1) is 5.92 Å². The molecule has 3 heterocycles. The molecule has 0 saturated heterocycles. The number of fused-ring (bicyclic) bond motifs is 2. The summed E-state index contributed by atoms with van der Waals surface area (Å²) >= 11 is 3.82. The molecule has 2 aromatic rings. The molecule has 0 fully saturated rings. The van der Waals surface area contributed by atoms with Crippen molar-refractivity contribution in [2.24, 2.45) is 5.92 Å². The van der Waals surface area contributed by atoms with Crippen LogP contribution in [0.1, 0.15) is 78.6 Å². The molecule has 0 spiro atoms. The molecule has 0 aromatic carbocycles. The van der Waals surface area contributed by atoms with Gasteiger partial charge in [0.1, 0.15) is 0 Å². The summed E-state index contributed by atoms with van der Waals surface area (Å²) in [4.78, 5) is 12.9. The second-order valence-corrected chi connectivity index (χ2v) is 11.7. The van der Waals surface area contributed by atoms with E-state index in [-0.39, 0.29) is 10.8 Å². The van der Waals surface area contributed by atoms with Crippen LogP contribution in [0.15, 0.2) is 0 Å². The summed E-state index contributed by atoms with van der Waals surface area (Å²) in [6, 6.07) is 0. The van der Waals surface area contributed by atoms with Gasteiger partial charge in [-0.1, -0.05) is 34.6 Å². The van der Waals surface area contributed by atoms with Gasteiger partial charge in [-0.15, -0.1) is 22.7 Å². The van der Waals surface area contributed by atoms with Gasteiger partial charge in [0.25, 0.3) is 0 Å². The van der Waals surface area contributed by atoms with Gasteiger partial charge in [-0.05, 0) is 31.6 Å². The lowest BCUT2D eigenvalue weighted by Crippen LogP contribution is -2.25. The van der Waals surface area contributed by atoms with E-state index in [0.717, 1.165) is 26.1 Å². The average molecular weight is 391 g/mol. The van der Waals surface area contributed by atoms with Gasteiger partial charge in [-0.3, -0.25) is 0 Å². The molecule has 1 aliphatic carbocycles. The van der Waals surface area contributed by atoms with E-state index >= 15 is 0 Å². The van der Waals surface area contributed by atoms with Crippen molar-refractivity contribution >= 4 is 22.7 Å². The zero-order chi connectivity index (χ0) is 18.5. The monoisotopic (exact) mass is 390 g/mol. The highest BCUT2D eigenvalue weighted by atomic mass is 32.1. The molecule has 1 atom stereocenters. The summed E-state index contributed by atoms with van der Waals surface area (Å²) in [5.74, 6) is 0.713. The number of ether oxygens (including phenoxy) is 1. The fourth-order valence-electron chi connectivity index (χ4n) is 4.07. The molecule has 0 amide bonds. The van der Waals surface area contributed by atoms with Crippen molar-refractivity contribution in [3.05, 3.63) is 31.2 Å². The number of rotatable bonds is 3. The van der Waals surface area contributed by atoms with E-state index in [1.54, 1.807) is 0 Å². The minimum atomic E-state index is 0.132. The van der Waals surface area contributed by atoms with Crippen LogP contribution >= 0.6 is 22.7 Å². The Hall–Kier alpha value is -0.780. The summed E-state index contributed by atoms with van der Waals surface area (Å²) in [6.07, 6.45) is 5.80. The van der Waals surface area contributed by atoms with Gasteiger partial charge in [0.05, 0.1) is 39.5 Å². The van der Waals surface area contributed by atoms with Crippen LogP contribution in [0.25, 0.3) is 0 Å². The fourth-order valence-corrected chi connectivity index (χ4v) is 6.39. The molecule has 3 nitrogen and oxygen atoms in total. The van der Waals surface area contributed by atoms with Crippen molar-refractivity contribution in [3.8, 4) is 0 Å². The van der Waals surface area contributed by atoms with Crippen molar-refractivity contribution in [3.63, 3.8) is 0 Å². The Morgan fingerprint density at radius 2 is 1.69 bits per heavy atom. The van der Waals surface area contributed by atoms with Gasteiger partial charge in [-0.25, -0.2) is 9.97 Å². The third-order valence-corrected chi connectivity index (χ3v) is 8.57. The van der Waals surface area contributed by atoms with Gasteiger partial charge >= 0.3 is 0 Å². The molecular weight excluding hydrogens is 360 g/mol. The first kappa shape index (κ1) is 18.6. The molecule has 2 aromatic heterocycles. The van der Waals surface area contributed by atoms with Crippen molar-refractivity contribution < 1.29 is 4.74 Å². The second kappa shape index (κ2) is 6.68. The lowest BCUT2D eigenvalue weighted by atomic mass is 9.77. The van der Waals surface area contributed by atoms with Crippen LogP contribution in [-0.2, 0) is 41.4 Å². The number of hydrogen-bond donors (Lipinski definition) is 0. The molecule has 5 heteroatoms. The first-order chi connectivity index (χ1) is 12.2. The van der Waals surface area contributed by atoms with Crippen LogP contribution in [-0.4, -0.2) is 16.6 Å². The molecule has 0 bridgehead atoms. The smallest absolute Gasteiger partial charge is 0.0988 e. The first-order valence-electron chi connectivity index (χ1n) is 9.78. The SMILES string of the molecule is CC(C)(C)c1nc2c(s1)CCC(CC(C)(C)c1nc3c(s1)COCC3)C2. The highest BCUT2D eigenvalue weighted by Gasteiger charge is 2.33. The van der Waals surface area contributed by atoms with Gasteiger partial charge in [0, 0.05) is 22.1 Å². The normalized spacial score (nSPS) is 20.7. The summed E-state index contributed by atoms with van der Waals surface area (Å²) in [5.41, 5.74) is 2.95. The third-order valence-electron chi connectivity index (χ3n) is 5.55. The predicted molar refractivity (Wildman–Crippen MR) is 109 cm³/mol. The first-order valence-corrected chi connectivity index (χ1v) is 11.4. The van der Waals surface area contributed by atoms with Crippen LogP contribution in [0.3, 0.4) is 0 Å². The van der Waals surface area contributed by atoms with E-state index in [1.807, 2.05) is 22.7 Å². The van der Waals surface area contributed by atoms with Gasteiger partial charge < -0.3 is 4.74 Å². The minimum absolute atomic E-state index is 0.132. The van der Waals surface area contributed by atoms with E-state index in [2.05, 4.69) is 34.6 Å². The Balaban J connectivity index is 1.49. The van der Waals surface area contributed by atoms with E-state index in [0.29, 0.717) is 5.92 Å². The molecule has 26 heavy (non-hydrogen) atoms. The highest BCUT2D eigenvalue weighted by molar-refractivity contribution is 7.12. The largest absolute Gasteiger partial charge is 0.375 e. The van der Waals surface area contributed by atoms with Crippen LogP contribution < -0.4 is 0 Å². The topological polar surface area (TPSA) is 35.0 Å². The Morgan fingerprint density at radius 1 is 0.962 bits per heavy atom. The molecule has 2 aliphatic rings. The predicted octanol–water partition coefficient (Wildman–Crippen LogP) is 5.44. The molecule has 1 aliphatic heterocycles. The van der Waals surface area contributed by atoms with E-state index < -0.39 is 0 Å². The Morgan fingerprint density at radius 3 is 2.42 bits per heavy atom. The van der Waals surface area contributed by atoms with Crippen LogP contribution in [0.4, 0.5) is 0 Å². The van der Waals surface area contributed by atoms with E-state index in [9.17, 15) is 0 Å². The molecule has 1 unspecified atom stereocenters. The fraction of sp³-hybridized carbons (Fsp3) is 0.714. The molecule has 4 rings (SSSR count). The van der Waals surface area contributed by atoms with E-state index in [4.69, 9.17) is 14.7 Å². The maximum absolute atomic E-state index is 5.60. The number of thiazole rings is 2. The van der Waals surface area contributed by atoms with Gasteiger partial charge in [-0.2, -0.15) is 0 Å². The standard InChI is InChI=1S/C21H30N2OS2/c1-20(2,3)18-23-15-10-13(6-7-16(15)25-18)11-21(4,5)19-22-14-8-9-24-12-17(14)26-19/h13H,6-12H2,1-5H3. The maximum Gasteiger partial charge on any atom is 0.0988 e. The Kier molecular flexibility index (Phi) is 4.77. The van der Waals surface area contributed by atoms with Crippen molar-refractivity contribution in [1.82, 2.24) is 9.97 Å². The highest BCUT2D eigenvalue weighted by Crippen LogP contribution is 2.41. The number of aryl methyl sites for hydroxylation is 1. The molecule has 142 valence electrons. The van der Waals surface area contributed by atoms with Gasteiger partial charge in [0.15, 0.2) is 0 Å². The lowest BCUT2D eigenvalue weighted by Gasteiger charge is -2.30. The quantitative estimate of drug-likeness (QED) is 0.700. The molecular formula is C21H30N2OS2. The number of nitrogens with zero attached hydrogens (tertiary/aromatic N) is 2. The lowest BCUT2D eigenvalue weighted by molar-refractivity contribution is 0.112. The van der Waals surface area contributed by atoms with Crippen molar-refractivity contribution in [2.45, 2.75) is 84.2 Å². The Bertz CT molecular complexity index is 774. The Labute approximate surface area is 165 Å². The summed E-state index contributed by atoms with van der Waals surface area (Å²) < 4.78 is 5.60. The van der Waals surface area contributed by atoms with Crippen LogP contribution in [0.2, 0.25) is 0 Å². The summed E-state index contributed by atoms with van der Waals surface area (Å²) in [7, 11) is 0. The zero-order valence-corrected chi connectivity index (χ0v) is 18.3. The summed E-state index contributed by atoms with van der Waals surface area (Å²) in [6.45, 7) is 13.1. The minimum Gasteiger partial charge on any atom is -0.375 e. The average Bonchev–Trinajstić information content (AvgIpc) is 3.18. The molecule has 0 N–H and O–H groups in total. The zero-order valence-electron chi connectivity index (χ0n) is 16.6.